The van der Waals surface area contributed by atoms with Gasteiger partial charge in [-0.15, -0.1) is 0 Å². The van der Waals surface area contributed by atoms with Crippen molar-refractivity contribution in [3.63, 3.8) is 0 Å². The Balaban J connectivity index is 1.94. The molecule has 1 atom stereocenters. The number of fused-ring (bicyclic) bond motifs is 1. The molecule has 80 valence electrons. The van der Waals surface area contributed by atoms with Gasteiger partial charge in [0.05, 0.1) is 13.0 Å². The summed E-state index contributed by atoms with van der Waals surface area (Å²) in [4.78, 5) is 11.3. The van der Waals surface area contributed by atoms with Crippen LogP contribution in [0.4, 0.5) is 0 Å². The van der Waals surface area contributed by atoms with E-state index in [0.29, 0.717) is 18.9 Å². The molecule has 0 saturated heterocycles. The second kappa shape index (κ2) is 4.34. The SMILES string of the molecule is CCOC(=O)CC1=CC2CC=CC=C2N1. The summed E-state index contributed by atoms with van der Waals surface area (Å²) >= 11 is 0. The van der Waals surface area contributed by atoms with E-state index in [1.807, 2.05) is 13.0 Å². The molecule has 0 radical (unpaired) electrons. The van der Waals surface area contributed by atoms with Crippen LogP contribution in [0.2, 0.25) is 0 Å². The van der Waals surface area contributed by atoms with Gasteiger partial charge in [-0.25, -0.2) is 0 Å². The maximum absolute atomic E-state index is 11.3. The standard InChI is InChI=1S/C12H15NO2/c1-2-15-12(14)8-10-7-9-5-3-4-6-11(9)13-10/h3-4,6-7,9,13H,2,5,8H2,1H3. The molecule has 3 nitrogen and oxygen atoms in total. The average Bonchev–Trinajstić information content (AvgIpc) is 2.59. The van der Waals surface area contributed by atoms with Gasteiger partial charge in [-0.1, -0.05) is 18.2 Å². The minimum Gasteiger partial charge on any atom is -0.466 e. The minimum absolute atomic E-state index is 0.163. The summed E-state index contributed by atoms with van der Waals surface area (Å²) in [6.45, 7) is 2.26. The Labute approximate surface area is 89.5 Å². The third kappa shape index (κ3) is 2.29. The molecule has 1 unspecified atom stereocenters. The molecule has 2 rings (SSSR count). The fraction of sp³-hybridized carbons (Fsp3) is 0.417. The molecule has 1 aliphatic carbocycles. The van der Waals surface area contributed by atoms with Gasteiger partial charge in [-0.3, -0.25) is 4.79 Å². The highest BCUT2D eigenvalue weighted by molar-refractivity contribution is 5.72. The Morgan fingerprint density at radius 3 is 3.27 bits per heavy atom. The molecule has 0 aromatic rings. The summed E-state index contributed by atoms with van der Waals surface area (Å²) in [7, 11) is 0. The highest BCUT2D eigenvalue weighted by Gasteiger charge is 2.22. The second-order valence-electron chi connectivity index (χ2n) is 3.69. The number of carbonyl (C=O) groups is 1. The third-order valence-corrected chi connectivity index (χ3v) is 2.55. The molecule has 0 spiro atoms. The first-order chi connectivity index (χ1) is 7.29. The lowest BCUT2D eigenvalue weighted by Gasteiger charge is -2.11. The van der Waals surface area contributed by atoms with Gasteiger partial charge in [0, 0.05) is 17.3 Å². The molecule has 0 aromatic heterocycles. The normalized spacial score (nSPS) is 22.6. The van der Waals surface area contributed by atoms with Crippen molar-refractivity contribution in [2.24, 2.45) is 5.92 Å². The van der Waals surface area contributed by atoms with Gasteiger partial charge in [-0.2, -0.15) is 0 Å². The van der Waals surface area contributed by atoms with Crippen molar-refractivity contribution in [3.8, 4) is 0 Å². The largest absolute Gasteiger partial charge is 0.466 e. The lowest BCUT2D eigenvalue weighted by Crippen LogP contribution is -2.14. The van der Waals surface area contributed by atoms with E-state index >= 15 is 0 Å². The van der Waals surface area contributed by atoms with Crippen molar-refractivity contribution in [3.05, 3.63) is 35.7 Å². The fourth-order valence-corrected chi connectivity index (χ4v) is 1.88. The number of nitrogens with one attached hydrogen (secondary N) is 1. The molecular weight excluding hydrogens is 190 g/mol. The summed E-state index contributed by atoms with van der Waals surface area (Å²) in [5.74, 6) is 0.267. The van der Waals surface area contributed by atoms with E-state index in [4.69, 9.17) is 4.74 Å². The smallest absolute Gasteiger partial charge is 0.311 e. The van der Waals surface area contributed by atoms with Crippen LogP contribution in [0.15, 0.2) is 35.7 Å². The maximum Gasteiger partial charge on any atom is 0.311 e. The Morgan fingerprint density at radius 1 is 1.67 bits per heavy atom. The lowest BCUT2D eigenvalue weighted by atomic mass is 9.99. The van der Waals surface area contributed by atoms with Gasteiger partial charge in [0.25, 0.3) is 0 Å². The van der Waals surface area contributed by atoms with E-state index in [9.17, 15) is 4.79 Å². The Kier molecular flexibility index (Phi) is 2.90. The summed E-state index contributed by atoms with van der Waals surface area (Å²) in [5, 5.41) is 3.25. The monoisotopic (exact) mass is 205 g/mol. The molecule has 1 aliphatic heterocycles. The lowest BCUT2D eigenvalue weighted by molar-refractivity contribution is -0.142. The van der Waals surface area contributed by atoms with Crippen LogP contribution in [0.25, 0.3) is 0 Å². The van der Waals surface area contributed by atoms with Gasteiger partial charge in [0.1, 0.15) is 0 Å². The van der Waals surface area contributed by atoms with Crippen molar-refractivity contribution in [2.45, 2.75) is 19.8 Å². The first kappa shape index (κ1) is 10.0. The quantitative estimate of drug-likeness (QED) is 0.715. The molecule has 0 saturated carbocycles. The van der Waals surface area contributed by atoms with Gasteiger partial charge >= 0.3 is 5.97 Å². The molecule has 1 N–H and O–H groups in total. The minimum atomic E-state index is -0.163. The zero-order chi connectivity index (χ0) is 10.7. The van der Waals surface area contributed by atoms with Crippen LogP contribution in [-0.2, 0) is 9.53 Å². The third-order valence-electron chi connectivity index (χ3n) is 2.55. The van der Waals surface area contributed by atoms with Crippen molar-refractivity contribution in [2.75, 3.05) is 6.61 Å². The molecule has 3 heteroatoms. The van der Waals surface area contributed by atoms with E-state index in [0.717, 1.165) is 12.1 Å². The molecule has 0 fully saturated rings. The van der Waals surface area contributed by atoms with E-state index in [1.54, 1.807) is 0 Å². The number of hydrogen-bond acceptors (Lipinski definition) is 3. The number of ether oxygens (including phenoxy) is 1. The predicted octanol–water partition coefficient (Wildman–Crippen LogP) is 1.89. The van der Waals surface area contributed by atoms with Crippen LogP contribution >= 0.6 is 0 Å². The number of allylic oxidation sites excluding steroid dienone is 4. The van der Waals surface area contributed by atoms with E-state index < -0.39 is 0 Å². The van der Waals surface area contributed by atoms with Crippen LogP contribution in [0.3, 0.4) is 0 Å². The molecular formula is C12H15NO2. The van der Waals surface area contributed by atoms with Crippen LogP contribution in [0.5, 0.6) is 0 Å². The molecule has 2 aliphatic rings. The second-order valence-corrected chi connectivity index (χ2v) is 3.69. The highest BCUT2D eigenvalue weighted by atomic mass is 16.5. The van der Waals surface area contributed by atoms with E-state index in [2.05, 4.69) is 23.5 Å². The number of rotatable bonds is 3. The highest BCUT2D eigenvalue weighted by Crippen LogP contribution is 2.28. The number of hydrogen-bond donors (Lipinski definition) is 1. The fourth-order valence-electron chi connectivity index (χ4n) is 1.88. The van der Waals surface area contributed by atoms with E-state index in [1.165, 1.54) is 5.70 Å². The van der Waals surface area contributed by atoms with Crippen LogP contribution in [0.1, 0.15) is 19.8 Å². The molecule has 0 bridgehead atoms. The topological polar surface area (TPSA) is 38.3 Å². The van der Waals surface area contributed by atoms with Crippen molar-refractivity contribution in [1.82, 2.24) is 5.32 Å². The van der Waals surface area contributed by atoms with Crippen LogP contribution in [0, 0.1) is 5.92 Å². The Morgan fingerprint density at radius 2 is 2.53 bits per heavy atom. The first-order valence-electron chi connectivity index (χ1n) is 5.29. The van der Waals surface area contributed by atoms with Gasteiger partial charge in [0.2, 0.25) is 0 Å². The van der Waals surface area contributed by atoms with Gasteiger partial charge < -0.3 is 10.1 Å². The maximum atomic E-state index is 11.3. The summed E-state index contributed by atoms with van der Waals surface area (Å²) < 4.78 is 4.90. The Bertz CT molecular complexity index is 353. The van der Waals surface area contributed by atoms with E-state index in [-0.39, 0.29) is 5.97 Å². The Hall–Kier alpha value is -1.51. The molecule has 0 amide bonds. The summed E-state index contributed by atoms with van der Waals surface area (Å²) in [6.07, 6.45) is 9.72. The van der Waals surface area contributed by atoms with Crippen molar-refractivity contribution in [1.29, 1.82) is 0 Å². The zero-order valence-corrected chi connectivity index (χ0v) is 8.82. The van der Waals surface area contributed by atoms with Gasteiger partial charge in [0.15, 0.2) is 0 Å². The first-order valence-corrected chi connectivity index (χ1v) is 5.29. The predicted molar refractivity (Wildman–Crippen MR) is 57.8 cm³/mol. The van der Waals surface area contributed by atoms with Crippen LogP contribution < -0.4 is 5.32 Å². The van der Waals surface area contributed by atoms with Crippen molar-refractivity contribution < 1.29 is 9.53 Å². The number of carbonyl (C=O) groups excluding carboxylic acids is 1. The summed E-state index contributed by atoms with van der Waals surface area (Å²) in [6, 6.07) is 0. The summed E-state index contributed by atoms with van der Waals surface area (Å²) in [5.41, 5.74) is 2.16. The molecule has 1 heterocycles. The zero-order valence-electron chi connectivity index (χ0n) is 8.82. The van der Waals surface area contributed by atoms with Gasteiger partial charge in [-0.05, 0) is 19.4 Å². The molecule has 0 aromatic carbocycles. The number of esters is 1. The van der Waals surface area contributed by atoms with Crippen LogP contribution in [-0.4, -0.2) is 12.6 Å². The average molecular weight is 205 g/mol. The molecule has 15 heavy (non-hydrogen) atoms. The van der Waals surface area contributed by atoms with Crippen molar-refractivity contribution >= 4 is 5.97 Å².